The average Bonchev–Trinajstić information content (AvgIpc) is 1.95. The van der Waals surface area contributed by atoms with Crippen LogP contribution in [0.2, 0.25) is 0 Å². The zero-order valence-electron chi connectivity index (χ0n) is 8.82. The molecule has 0 radical (unpaired) electrons. The third kappa shape index (κ3) is 7.91. The molecule has 0 aromatic carbocycles. The molecule has 1 N–H and O–H groups in total. The van der Waals surface area contributed by atoms with E-state index in [1.807, 2.05) is 0 Å². The van der Waals surface area contributed by atoms with Crippen molar-refractivity contribution >= 4 is 0 Å². The maximum Gasteiger partial charge on any atom is 0.259 e. The van der Waals surface area contributed by atoms with Crippen LogP contribution in [0.25, 0.3) is 0 Å². The molecule has 0 spiro atoms. The third-order valence-electron chi connectivity index (χ3n) is 1.61. The number of allylic oxidation sites excluding steroid dienone is 1. The van der Waals surface area contributed by atoms with Crippen LogP contribution in [0.1, 0.15) is 34.1 Å². The van der Waals surface area contributed by atoms with Crippen LogP contribution < -0.4 is 5.32 Å². The van der Waals surface area contributed by atoms with E-state index in [9.17, 15) is 8.78 Å². The van der Waals surface area contributed by atoms with Crippen LogP contribution in [0.5, 0.6) is 0 Å². The molecule has 0 atom stereocenters. The number of rotatable bonds is 4. The van der Waals surface area contributed by atoms with Gasteiger partial charge in [-0.15, -0.1) is 0 Å². The number of alkyl halides is 2. The first-order valence-corrected chi connectivity index (χ1v) is 4.53. The Hall–Kier alpha value is -0.440. The Balaban J connectivity index is 3.62. The van der Waals surface area contributed by atoms with Crippen LogP contribution in [0.4, 0.5) is 8.78 Å². The Bertz CT molecular complexity index is 168. The van der Waals surface area contributed by atoms with Gasteiger partial charge in [0.1, 0.15) is 0 Å². The molecule has 78 valence electrons. The van der Waals surface area contributed by atoms with Gasteiger partial charge in [-0.25, -0.2) is 8.78 Å². The lowest BCUT2D eigenvalue weighted by Gasteiger charge is -2.19. The van der Waals surface area contributed by atoms with Crippen molar-refractivity contribution in [2.24, 2.45) is 0 Å². The zero-order valence-corrected chi connectivity index (χ0v) is 8.82. The van der Waals surface area contributed by atoms with E-state index in [0.29, 0.717) is 6.42 Å². The van der Waals surface area contributed by atoms with E-state index in [4.69, 9.17) is 0 Å². The van der Waals surface area contributed by atoms with Crippen LogP contribution in [0, 0.1) is 0 Å². The Labute approximate surface area is 79.2 Å². The van der Waals surface area contributed by atoms with E-state index in [2.05, 4.69) is 26.1 Å². The van der Waals surface area contributed by atoms with Gasteiger partial charge in [-0.05, 0) is 46.2 Å². The van der Waals surface area contributed by atoms with Gasteiger partial charge in [0, 0.05) is 5.54 Å². The lowest BCUT2D eigenvalue weighted by molar-refractivity contribution is 0.189. The molecule has 0 aliphatic heterocycles. The summed E-state index contributed by atoms with van der Waals surface area (Å²) in [5, 5.41) is 3.23. The second-order valence-corrected chi connectivity index (χ2v) is 4.21. The zero-order chi connectivity index (χ0) is 10.5. The summed E-state index contributed by atoms with van der Waals surface area (Å²) >= 11 is 0. The molecule has 0 saturated heterocycles. The first kappa shape index (κ1) is 12.6. The Kier molecular flexibility index (Phi) is 5.14. The lowest BCUT2D eigenvalue weighted by Crippen LogP contribution is -2.36. The summed E-state index contributed by atoms with van der Waals surface area (Å²) in [4.78, 5) is 0. The van der Waals surface area contributed by atoms with E-state index in [-0.39, 0.29) is 11.1 Å². The summed E-state index contributed by atoms with van der Waals surface area (Å²) in [6, 6.07) is 0. The molecule has 0 bridgehead atoms. The minimum absolute atomic E-state index is 0.0621. The molecule has 0 aromatic rings. The maximum absolute atomic E-state index is 12.0. The molecule has 0 unspecified atom stereocenters. The van der Waals surface area contributed by atoms with Crippen molar-refractivity contribution in [1.29, 1.82) is 0 Å². The van der Waals surface area contributed by atoms with Crippen LogP contribution >= 0.6 is 0 Å². The van der Waals surface area contributed by atoms with Crippen LogP contribution in [0.15, 0.2) is 11.6 Å². The molecular weight excluding hydrogens is 172 g/mol. The highest BCUT2D eigenvalue weighted by molar-refractivity contribution is 5.00. The van der Waals surface area contributed by atoms with Gasteiger partial charge in [-0.3, -0.25) is 0 Å². The second kappa shape index (κ2) is 5.32. The second-order valence-electron chi connectivity index (χ2n) is 4.21. The van der Waals surface area contributed by atoms with Crippen LogP contribution in [-0.4, -0.2) is 18.5 Å². The molecule has 0 aromatic heterocycles. The highest BCUT2D eigenvalue weighted by atomic mass is 19.3. The molecule has 13 heavy (non-hydrogen) atoms. The fourth-order valence-corrected chi connectivity index (χ4v) is 0.836. The fourth-order valence-electron chi connectivity index (χ4n) is 0.836. The van der Waals surface area contributed by atoms with Gasteiger partial charge in [-0.2, -0.15) is 0 Å². The van der Waals surface area contributed by atoms with Gasteiger partial charge in [-0.1, -0.05) is 6.08 Å². The van der Waals surface area contributed by atoms with Crippen molar-refractivity contribution in [2.75, 3.05) is 6.54 Å². The molecule has 0 aliphatic carbocycles. The number of hydrogen-bond donors (Lipinski definition) is 1. The molecule has 0 amide bonds. The number of halogens is 2. The molecule has 3 heteroatoms. The smallest absolute Gasteiger partial charge is 0.259 e. The van der Waals surface area contributed by atoms with Gasteiger partial charge < -0.3 is 5.32 Å². The SMILES string of the molecule is CC(=CCCNC(C)(C)C)C(F)F. The molecule has 0 rings (SSSR count). The predicted octanol–water partition coefficient (Wildman–Crippen LogP) is 2.98. The van der Waals surface area contributed by atoms with Crippen molar-refractivity contribution in [3.63, 3.8) is 0 Å². The molecule has 0 heterocycles. The van der Waals surface area contributed by atoms with E-state index >= 15 is 0 Å². The van der Waals surface area contributed by atoms with Gasteiger partial charge in [0.15, 0.2) is 0 Å². The van der Waals surface area contributed by atoms with Gasteiger partial charge >= 0.3 is 0 Å². The highest BCUT2D eigenvalue weighted by Gasteiger charge is 2.07. The van der Waals surface area contributed by atoms with Crippen molar-refractivity contribution in [3.8, 4) is 0 Å². The lowest BCUT2D eigenvalue weighted by atomic mass is 10.1. The van der Waals surface area contributed by atoms with Gasteiger partial charge in [0.05, 0.1) is 0 Å². The predicted molar refractivity (Wildman–Crippen MR) is 52.1 cm³/mol. The molecule has 0 saturated carbocycles. The quantitative estimate of drug-likeness (QED) is 0.532. The van der Waals surface area contributed by atoms with Crippen LogP contribution in [0.3, 0.4) is 0 Å². The Morgan fingerprint density at radius 1 is 1.38 bits per heavy atom. The Morgan fingerprint density at radius 3 is 2.31 bits per heavy atom. The summed E-state index contributed by atoms with van der Waals surface area (Å²) in [6.07, 6.45) is -0.0636. The van der Waals surface area contributed by atoms with Gasteiger partial charge in [0.25, 0.3) is 6.43 Å². The fraction of sp³-hybridized carbons (Fsp3) is 0.800. The van der Waals surface area contributed by atoms with E-state index in [1.165, 1.54) is 6.92 Å². The van der Waals surface area contributed by atoms with E-state index < -0.39 is 6.43 Å². The molecule has 0 fully saturated rings. The summed E-state index contributed by atoms with van der Waals surface area (Å²) in [5.74, 6) is 0. The normalized spacial score (nSPS) is 13.9. The molecule has 1 nitrogen and oxygen atoms in total. The summed E-state index contributed by atoms with van der Waals surface area (Å²) < 4.78 is 24.0. The van der Waals surface area contributed by atoms with Crippen molar-refractivity contribution in [3.05, 3.63) is 11.6 Å². The minimum Gasteiger partial charge on any atom is -0.312 e. The van der Waals surface area contributed by atoms with Crippen LogP contribution in [-0.2, 0) is 0 Å². The van der Waals surface area contributed by atoms with Crippen molar-refractivity contribution in [2.45, 2.75) is 46.1 Å². The number of hydrogen-bond acceptors (Lipinski definition) is 1. The van der Waals surface area contributed by atoms with Crippen molar-refractivity contribution < 1.29 is 8.78 Å². The summed E-state index contributed by atoms with van der Waals surface area (Å²) in [7, 11) is 0. The first-order chi connectivity index (χ1) is 5.83. The largest absolute Gasteiger partial charge is 0.312 e. The maximum atomic E-state index is 12.0. The topological polar surface area (TPSA) is 12.0 Å². The third-order valence-corrected chi connectivity index (χ3v) is 1.61. The molecule has 0 aliphatic rings. The summed E-state index contributed by atoms with van der Waals surface area (Å²) in [6.45, 7) is 8.36. The Morgan fingerprint density at radius 2 is 1.92 bits per heavy atom. The standard InChI is InChI=1S/C10H19F2N/c1-8(9(11)12)6-5-7-13-10(2,3)4/h6,9,13H,5,7H2,1-4H3. The highest BCUT2D eigenvalue weighted by Crippen LogP contribution is 2.07. The molecular formula is C10H19F2N. The van der Waals surface area contributed by atoms with E-state index in [0.717, 1.165) is 6.54 Å². The number of nitrogens with one attached hydrogen (secondary N) is 1. The minimum atomic E-state index is -2.31. The monoisotopic (exact) mass is 191 g/mol. The van der Waals surface area contributed by atoms with E-state index in [1.54, 1.807) is 6.08 Å². The first-order valence-electron chi connectivity index (χ1n) is 4.53. The van der Waals surface area contributed by atoms with Crippen molar-refractivity contribution in [1.82, 2.24) is 5.32 Å². The van der Waals surface area contributed by atoms with Gasteiger partial charge in [0.2, 0.25) is 0 Å². The average molecular weight is 191 g/mol. The summed E-state index contributed by atoms with van der Waals surface area (Å²) in [5.41, 5.74) is 0.225.